The Morgan fingerprint density at radius 2 is 1.86 bits per heavy atom. The van der Waals surface area contributed by atoms with Crippen LogP contribution in [0, 0.1) is 0 Å². The Labute approximate surface area is 150 Å². The maximum absolute atomic E-state index is 6.20. The Bertz CT molecular complexity index is 675. The first-order chi connectivity index (χ1) is 10.5. The molecular weight excluding hydrogens is 380 g/mol. The molecule has 2 aromatic carbocycles. The molecular formula is C17H18BrClN2S. The van der Waals surface area contributed by atoms with E-state index >= 15 is 0 Å². The second kappa shape index (κ2) is 7.95. The Hall–Kier alpha value is -1.10. The third kappa shape index (κ3) is 4.45. The molecule has 0 bridgehead atoms. The molecule has 0 heterocycles. The molecule has 116 valence electrons. The second-order valence-corrected chi connectivity index (χ2v) is 6.83. The first-order valence-electron chi connectivity index (χ1n) is 7.13. The fourth-order valence-corrected chi connectivity index (χ4v) is 3.07. The van der Waals surface area contributed by atoms with Gasteiger partial charge in [0.05, 0.1) is 10.7 Å². The summed E-state index contributed by atoms with van der Waals surface area (Å²) in [4.78, 5) is 0. The van der Waals surface area contributed by atoms with Gasteiger partial charge in [-0.15, -0.1) is 0 Å². The van der Waals surface area contributed by atoms with E-state index in [9.17, 15) is 0 Å². The van der Waals surface area contributed by atoms with Crippen molar-refractivity contribution in [2.75, 3.05) is 10.6 Å². The topological polar surface area (TPSA) is 24.1 Å². The van der Waals surface area contributed by atoms with Crippen molar-refractivity contribution in [3.63, 3.8) is 0 Å². The maximum Gasteiger partial charge on any atom is 0.175 e. The largest absolute Gasteiger partial charge is 0.332 e. The molecule has 1 unspecified atom stereocenters. The van der Waals surface area contributed by atoms with Crippen molar-refractivity contribution in [1.82, 2.24) is 0 Å². The van der Waals surface area contributed by atoms with Crippen LogP contribution in [0.3, 0.4) is 0 Å². The lowest BCUT2D eigenvalue weighted by molar-refractivity contribution is 0.736. The maximum atomic E-state index is 6.20. The Balaban J connectivity index is 2.12. The van der Waals surface area contributed by atoms with Crippen LogP contribution in [0.1, 0.15) is 31.7 Å². The number of hydrogen-bond acceptors (Lipinski definition) is 1. The van der Waals surface area contributed by atoms with Gasteiger partial charge < -0.3 is 10.6 Å². The molecule has 2 nitrogen and oxygen atoms in total. The van der Waals surface area contributed by atoms with Gasteiger partial charge in [-0.1, -0.05) is 59.6 Å². The summed E-state index contributed by atoms with van der Waals surface area (Å²) in [6.45, 7) is 4.39. The van der Waals surface area contributed by atoms with Crippen LogP contribution >= 0.6 is 39.7 Å². The standard InChI is InChI=1S/C17H18BrClN2S/c1-3-11(2)13-6-4-5-7-15(13)20-17(22)21-16-9-8-12(18)10-14(16)19/h4-11H,3H2,1-2H3,(H2,20,21,22). The summed E-state index contributed by atoms with van der Waals surface area (Å²) in [5.41, 5.74) is 3.07. The van der Waals surface area contributed by atoms with E-state index in [4.69, 9.17) is 23.8 Å². The number of nitrogens with one attached hydrogen (secondary N) is 2. The van der Waals surface area contributed by atoms with Gasteiger partial charge in [0, 0.05) is 10.2 Å². The molecule has 0 aliphatic heterocycles. The molecule has 2 rings (SSSR count). The molecule has 0 aromatic heterocycles. The van der Waals surface area contributed by atoms with E-state index < -0.39 is 0 Å². The third-order valence-corrected chi connectivity index (χ3v) is 4.54. The summed E-state index contributed by atoms with van der Waals surface area (Å²) in [5.74, 6) is 0.475. The molecule has 0 saturated carbocycles. The number of halogens is 2. The lowest BCUT2D eigenvalue weighted by Gasteiger charge is -2.18. The van der Waals surface area contributed by atoms with Crippen LogP contribution in [-0.2, 0) is 0 Å². The minimum absolute atomic E-state index is 0.475. The molecule has 0 fully saturated rings. The molecule has 1 atom stereocenters. The predicted molar refractivity (Wildman–Crippen MR) is 104 cm³/mol. The van der Waals surface area contributed by atoms with Gasteiger partial charge >= 0.3 is 0 Å². The van der Waals surface area contributed by atoms with Crippen LogP contribution in [0.15, 0.2) is 46.9 Å². The highest BCUT2D eigenvalue weighted by molar-refractivity contribution is 9.10. The molecule has 0 saturated heterocycles. The zero-order valence-electron chi connectivity index (χ0n) is 12.5. The number of benzene rings is 2. The van der Waals surface area contributed by atoms with Crippen molar-refractivity contribution in [3.8, 4) is 0 Å². The van der Waals surface area contributed by atoms with Gasteiger partial charge in [-0.3, -0.25) is 0 Å². The third-order valence-electron chi connectivity index (χ3n) is 3.53. The first kappa shape index (κ1) is 17.3. The normalized spacial score (nSPS) is 11.8. The molecule has 0 spiro atoms. The summed E-state index contributed by atoms with van der Waals surface area (Å²) in [7, 11) is 0. The predicted octanol–water partition coefficient (Wildman–Crippen LogP) is 6.42. The minimum atomic E-state index is 0.475. The van der Waals surface area contributed by atoms with E-state index in [1.54, 1.807) is 0 Å². The highest BCUT2D eigenvalue weighted by Crippen LogP contribution is 2.28. The number of hydrogen-bond donors (Lipinski definition) is 2. The van der Waals surface area contributed by atoms with Gasteiger partial charge in [0.25, 0.3) is 0 Å². The van der Waals surface area contributed by atoms with Crippen LogP contribution in [0.4, 0.5) is 11.4 Å². The number of thiocarbonyl (C=S) groups is 1. The van der Waals surface area contributed by atoms with Crippen molar-refractivity contribution < 1.29 is 0 Å². The van der Waals surface area contributed by atoms with E-state index in [-0.39, 0.29) is 0 Å². The van der Waals surface area contributed by atoms with Gasteiger partial charge in [-0.25, -0.2) is 0 Å². The van der Waals surface area contributed by atoms with E-state index in [1.165, 1.54) is 5.56 Å². The summed E-state index contributed by atoms with van der Waals surface area (Å²) >= 11 is 15.0. The first-order valence-corrected chi connectivity index (χ1v) is 8.71. The Morgan fingerprint density at radius 1 is 1.18 bits per heavy atom. The van der Waals surface area contributed by atoms with Gasteiger partial charge in [0.15, 0.2) is 5.11 Å². The van der Waals surface area contributed by atoms with Crippen LogP contribution in [0.5, 0.6) is 0 Å². The van der Waals surface area contributed by atoms with Crippen LogP contribution in [0.25, 0.3) is 0 Å². The van der Waals surface area contributed by atoms with Crippen LogP contribution in [0.2, 0.25) is 5.02 Å². The van der Waals surface area contributed by atoms with Crippen molar-refractivity contribution in [2.45, 2.75) is 26.2 Å². The average Bonchev–Trinajstić information content (AvgIpc) is 2.50. The summed E-state index contributed by atoms with van der Waals surface area (Å²) in [6, 6.07) is 13.9. The van der Waals surface area contributed by atoms with Crippen molar-refractivity contribution >= 4 is 56.2 Å². The van der Waals surface area contributed by atoms with E-state index in [0.29, 0.717) is 16.1 Å². The summed E-state index contributed by atoms with van der Waals surface area (Å²) in [5, 5.41) is 7.55. The molecule has 22 heavy (non-hydrogen) atoms. The molecule has 0 amide bonds. The van der Waals surface area contributed by atoms with Gasteiger partial charge in [-0.2, -0.15) is 0 Å². The van der Waals surface area contributed by atoms with E-state index in [0.717, 1.165) is 22.3 Å². The molecule has 5 heteroatoms. The monoisotopic (exact) mass is 396 g/mol. The Kier molecular flexibility index (Phi) is 6.24. The highest BCUT2D eigenvalue weighted by Gasteiger charge is 2.10. The number of para-hydroxylation sites is 1. The molecule has 0 aliphatic rings. The second-order valence-electron chi connectivity index (χ2n) is 5.10. The molecule has 2 aromatic rings. The summed E-state index contributed by atoms with van der Waals surface area (Å²) in [6.07, 6.45) is 1.08. The van der Waals surface area contributed by atoms with Gasteiger partial charge in [0.1, 0.15) is 0 Å². The lowest BCUT2D eigenvalue weighted by Crippen LogP contribution is -2.20. The fourth-order valence-electron chi connectivity index (χ4n) is 2.13. The van der Waals surface area contributed by atoms with E-state index in [1.807, 2.05) is 30.3 Å². The number of rotatable bonds is 4. The summed E-state index contributed by atoms with van der Waals surface area (Å²) < 4.78 is 0.934. The zero-order chi connectivity index (χ0) is 16.1. The van der Waals surface area contributed by atoms with Crippen molar-refractivity contribution in [3.05, 3.63) is 57.5 Å². The lowest BCUT2D eigenvalue weighted by atomic mass is 9.97. The SMILES string of the molecule is CCC(C)c1ccccc1NC(=S)Nc1ccc(Br)cc1Cl. The highest BCUT2D eigenvalue weighted by atomic mass is 79.9. The molecule has 0 aliphatic carbocycles. The quantitative estimate of drug-likeness (QED) is 0.582. The van der Waals surface area contributed by atoms with Crippen LogP contribution < -0.4 is 10.6 Å². The van der Waals surface area contributed by atoms with Crippen molar-refractivity contribution in [2.24, 2.45) is 0 Å². The van der Waals surface area contributed by atoms with Gasteiger partial charge in [0.2, 0.25) is 0 Å². The Morgan fingerprint density at radius 3 is 2.55 bits per heavy atom. The van der Waals surface area contributed by atoms with Gasteiger partial charge in [-0.05, 0) is 54.4 Å². The smallest absolute Gasteiger partial charge is 0.175 e. The fraction of sp³-hybridized carbons (Fsp3) is 0.235. The molecule has 0 radical (unpaired) electrons. The number of anilines is 2. The average molecular weight is 398 g/mol. The van der Waals surface area contributed by atoms with Crippen LogP contribution in [-0.4, -0.2) is 5.11 Å². The van der Waals surface area contributed by atoms with Crippen molar-refractivity contribution in [1.29, 1.82) is 0 Å². The zero-order valence-corrected chi connectivity index (χ0v) is 15.6. The molecule has 2 N–H and O–H groups in total. The minimum Gasteiger partial charge on any atom is -0.332 e. The van der Waals surface area contributed by atoms with E-state index in [2.05, 4.69) is 52.5 Å².